The third kappa shape index (κ3) is 4.28. The van der Waals surface area contributed by atoms with Gasteiger partial charge in [0, 0.05) is 25.7 Å². The fraction of sp³-hybridized carbons (Fsp3) is 0.600. The first-order valence-electron chi connectivity index (χ1n) is 10.1. The second kappa shape index (κ2) is 9.11. The van der Waals surface area contributed by atoms with Crippen molar-refractivity contribution >= 4 is 17.5 Å². The zero-order valence-corrected chi connectivity index (χ0v) is 16.9. The maximum atomic E-state index is 13.4. The number of likely N-dealkylation sites (tertiary alicyclic amines) is 2. The van der Waals surface area contributed by atoms with Crippen molar-refractivity contribution in [2.24, 2.45) is 0 Å². The number of nitro benzene ring substituents is 1. The van der Waals surface area contributed by atoms with Crippen LogP contribution in [0, 0.1) is 10.1 Å². The van der Waals surface area contributed by atoms with E-state index in [0.29, 0.717) is 32.7 Å². The molecule has 0 aromatic heterocycles. The van der Waals surface area contributed by atoms with Gasteiger partial charge in [-0.15, -0.1) is 0 Å². The molecular weight excluding hydrogens is 378 g/mol. The van der Waals surface area contributed by atoms with Gasteiger partial charge in [0.25, 0.3) is 11.6 Å². The normalized spacial score (nSPS) is 19.2. The molecule has 2 aliphatic rings. The van der Waals surface area contributed by atoms with E-state index in [0.717, 1.165) is 25.7 Å². The van der Waals surface area contributed by atoms with Crippen molar-refractivity contribution in [2.75, 3.05) is 33.4 Å². The zero-order chi connectivity index (χ0) is 21.0. The van der Waals surface area contributed by atoms with Crippen LogP contribution in [0.3, 0.4) is 0 Å². The lowest BCUT2D eigenvalue weighted by Crippen LogP contribution is -2.52. The van der Waals surface area contributed by atoms with Crippen LogP contribution >= 0.6 is 0 Å². The maximum absolute atomic E-state index is 13.4. The molecule has 2 aliphatic heterocycles. The van der Waals surface area contributed by atoms with E-state index < -0.39 is 16.9 Å². The Hall–Kier alpha value is -2.84. The van der Waals surface area contributed by atoms with Crippen molar-refractivity contribution < 1.29 is 24.0 Å². The van der Waals surface area contributed by atoms with Gasteiger partial charge in [0.05, 0.1) is 24.7 Å². The van der Waals surface area contributed by atoms with Gasteiger partial charge in [-0.3, -0.25) is 19.7 Å². The van der Waals surface area contributed by atoms with E-state index in [1.807, 2.05) is 0 Å². The summed E-state index contributed by atoms with van der Waals surface area (Å²) in [5.41, 5.74) is -0.436. The Labute approximate surface area is 169 Å². The van der Waals surface area contributed by atoms with E-state index in [4.69, 9.17) is 9.47 Å². The average Bonchev–Trinajstić information content (AvgIpc) is 3.27. The minimum atomic E-state index is -0.604. The summed E-state index contributed by atoms with van der Waals surface area (Å²) in [6.07, 6.45) is 4.12. The number of hydrogen-bond acceptors (Lipinski definition) is 6. The number of ether oxygens (including phenoxy) is 2. The molecule has 3 rings (SSSR count). The molecule has 0 spiro atoms. The fourth-order valence-electron chi connectivity index (χ4n) is 4.03. The van der Waals surface area contributed by atoms with Crippen LogP contribution in [0.2, 0.25) is 0 Å². The first-order chi connectivity index (χ1) is 14.0. The monoisotopic (exact) mass is 405 g/mol. The van der Waals surface area contributed by atoms with Crippen LogP contribution < -0.4 is 9.47 Å². The number of benzene rings is 1. The molecule has 29 heavy (non-hydrogen) atoms. The molecule has 2 saturated heterocycles. The van der Waals surface area contributed by atoms with E-state index in [1.165, 1.54) is 24.1 Å². The lowest BCUT2D eigenvalue weighted by atomic mass is 9.99. The highest BCUT2D eigenvalue weighted by molar-refractivity contribution is 6.01. The number of carbonyl (C=O) groups excluding carboxylic acids is 2. The predicted octanol–water partition coefficient (Wildman–Crippen LogP) is 2.62. The minimum Gasteiger partial charge on any atom is -0.493 e. The molecule has 1 unspecified atom stereocenters. The van der Waals surface area contributed by atoms with Crippen molar-refractivity contribution in [3.05, 3.63) is 27.8 Å². The molecule has 158 valence electrons. The average molecular weight is 405 g/mol. The van der Waals surface area contributed by atoms with Crippen LogP contribution in [0.5, 0.6) is 11.5 Å². The molecule has 1 atom stereocenters. The number of nitrogens with zero attached hydrogens (tertiary/aromatic N) is 3. The van der Waals surface area contributed by atoms with Gasteiger partial charge in [0.1, 0.15) is 11.6 Å². The van der Waals surface area contributed by atoms with E-state index >= 15 is 0 Å². The van der Waals surface area contributed by atoms with Crippen molar-refractivity contribution in [3.8, 4) is 11.5 Å². The highest BCUT2D eigenvalue weighted by Crippen LogP contribution is 2.36. The first kappa shape index (κ1) is 20.9. The highest BCUT2D eigenvalue weighted by Gasteiger charge is 2.38. The Morgan fingerprint density at radius 3 is 2.45 bits per heavy atom. The topological polar surface area (TPSA) is 102 Å². The number of carbonyl (C=O) groups is 2. The van der Waals surface area contributed by atoms with Crippen LogP contribution in [-0.2, 0) is 4.79 Å². The van der Waals surface area contributed by atoms with Gasteiger partial charge in [-0.2, -0.15) is 0 Å². The van der Waals surface area contributed by atoms with Gasteiger partial charge >= 0.3 is 0 Å². The number of rotatable bonds is 6. The van der Waals surface area contributed by atoms with Gasteiger partial charge in [-0.1, -0.05) is 0 Å². The third-order valence-corrected chi connectivity index (χ3v) is 5.48. The number of nitro groups is 1. The Balaban J connectivity index is 1.96. The van der Waals surface area contributed by atoms with Gasteiger partial charge in [-0.05, 0) is 39.0 Å². The standard InChI is InChI=1S/C20H27N3O6/c1-3-29-18-12-14(16(23(26)27)13-17(18)28-2)19(24)22-11-5-4-8-15(22)20(25)21-9-6-7-10-21/h12-13,15H,3-11H2,1-2H3. The van der Waals surface area contributed by atoms with E-state index in [-0.39, 0.29) is 28.7 Å². The zero-order valence-electron chi connectivity index (χ0n) is 16.9. The van der Waals surface area contributed by atoms with Gasteiger partial charge < -0.3 is 19.3 Å². The van der Waals surface area contributed by atoms with Crippen molar-refractivity contribution in [1.82, 2.24) is 9.80 Å². The lowest BCUT2D eigenvalue weighted by Gasteiger charge is -2.36. The second-order valence-corrected chi connectivity index (χ2v) is 7.25. The number of piperidine rings is 1. The number of methoxy groups -OCH3 is 1. The van der Waals surface area contributed by atoms with Gasteiger partial charge in [0.2, 0.25) is 5.91 Å². The van der Waals surface area contributed by atoms with Gasteiger partial charge in [0.15, 0.2) is 11.5 Å². The largest absolute Gasteiger partial charge is 0.493 e. The summed E-state index contributed by atoms with van der Waals surface area (Å²) in [6, 6.07) is 1.99. The minimum absolute atomic E-state index is 0.0586. The van der Waals surface area contributed by atoms with Crippen molar-refractivity contribution in [3.63, 3.8) is 0 Å². The molecule has 0 saturated carbocycles. The molecule has 2 fully saturated rings. The van der Waals surface area contributed by atoms with Crippen LogP contribution in [-0.4, -0.2) is 65.9 Å². The second-order valence-electron chi connectivity index (χ2n) is 7.25. The molecule has 2 amide bonds. The smallest absolute Gasteiger partial charge is 0.286 e. The maximum Gasteiger partial charge on any atom is 0.286 e. The summed E-state index contributed by atoms with van der Waals surface area (Å²) in [6.45, 7) is 3.90. The molecule has 2 heterocycles. The SMILES string of the molecule is CCOc1cc(C(=O)N2CCCCC2C(=O)N2CCCC2)c([N+](=O)[O-])cc1OC. The van der Waals surface area contributed by atoms with Crippen molar-refractivity contribution in [1.29, 1.82) is 0 Å². The summed E-state index contributed by atoms with van der Waals surface area (Å²) in [4.78, 5) is 40.7. The highest BCUT2D eigenvalue weighted by atomic mass is 16.6. The molecule has 0 bridgehead atoms. The Kier molecular flexibility index (Phi) is 6.56. The molecule has 0 radical (unpaired) electrons. The summed E-state index contributed by atoms with van der Waals surface area (Å²) in [7, 11) is 1.39. The summed E-state index contributed by atoms with van der Waals surface area (Å²) in [5, 5.41) is 11.6. The summed E-state index contributed by atoms with van der Waals surface area (Å²) in [5.74, 6) is -0.115. The fourth-order valence-corrected chi connectivity index (χ4v) is 4.03. The third-order valence-electron chi connectivity index (χ3n) is 5.48. The Morgan fingerprint density at radius 1 is 1.14 bits per heavy atom. The number of hydrogen-bond donors (Lipinski definition) is 0. The molecule has 1 aromatic rings. The van der Waals surface area contributed by atoms with Crippen LogP contribution in [0.4, 0.5) is 5.69 Å². The molecule has 0 aliphatic carbocycles. The van der Waals surface area contributed by atoms with Crippen molar-refractivity contribution in [2.45, 2.75) is 45.1 Å². The Bertz CT molecular complexity index is 791. The van der Waals surface area contributed by atoms with Gasteiger partial charge in [-0.25, -0.2) is 0 Å². The van der Waals surface area contributed by atoms with Crippen LogP contribution in [0.15, 0.2) is 12.1 Å². The summed E-state index contributed by atoms with van der Waals surface area (Å²) >= 11 is 0. The molecule has 9 heteroatoms. The van der Waals surface area contributed by atoms with E-state index in [1.54, 1.807) is 11.8 Å². The predicted molar refractivity (Wildman–Crippen MR) is 105 cm³/mol. The van der Waals surface area contributed by atoms with Crippen LogP contribution in [0.1, 0.15) is 49.4 Å². The first-order valence-corrected chi connectivity index (χ1v) is 10.1. The van der Waals surface area contributed by atoms with Crippen LogP contribution in [0.25, 0.3) is 0 Å². The lowest BCUT2D eigenvalue weighted by molar-refractivity contribution is -0.385. The number of amides is 2. The molecule has 9 nitrogen and oxygen atoms in total. The van der Waals surface area contributed by atoms with E-state index in [9.17, 15) is 19.7 Å². The Morgan fingerprint density at radius 2 is 1.83 bits per heavy atom. The van der Waals surface area contributed by atoms with E-state index in [2.05, 4.69) is 0 Å². The molecular formula is C20H27N3O6. The molecule has 0 N–H and O–H groups in total. The quantitative estimate of drug-likeness (QED) is 0.532. The molecule has 1 aromatic carbocycles. The summed E-state index contributed by atoms with van der Waals surface area (Å²) < 4.78 is 10.7.